The Morgan fingerprint density at radius 2 is 1.83 bits per heavy atom. The molecule has 0 atom stereocenters. The molecule has 2 aromatic carbocycles. The summed E-state index contributed by atoms with van der Waals surface area (Å²) in [4.78, 5) is 39.1. The Morgan fingerprint density at radius 1 is 1.13 bits per heavy atom. The number of fused-ring (bicyclic) bond motifs is 1. The molecule has 30 heavy (non-hydrogen) atoms. The van der Waals surface area contributed by atoms with Crippen LogP contribution in [-0.4, -0.2) is 38.9 Å². The van der Waals surface area contributed by atoms with Crippen molar-refractivity contribution in [3.8, 4) is 0 Å². The molecule has 8 heteroatoms. The summed E-state index contributed by atoms with van der Waals surface area (Å²) >= 11 is 5.99. The first-order valence-corrected chi connectivity index (χ1v) is 10.2. The summed E-state index contributed by atoms with van der Waals surface area (Å²) in [6.07, 6.45) is 0.130. The van der Waals surface area contributed by atoms with E-state index in [1.807, 2.05) is 44.2 Å². The number of nitrogens with zero attached hydrogens (tertiary/aromatic N) is 3. The summed E-state index contributed by atoms with van der Waals surface area (Å²) in [5.41, 5.74) is 2.95. The van der Waals surface area contributed by atoms with Gasteiger partial charge in [0, 0.05) is 37.3 Å². The highest BCUT2D eigenvalue weighted by molar-refractivity contribution is 6.31. The number of para-hydroxylation sites is 2. The van der Waals surface area contributed by atoms with Gasteiger partial charge in [-0.3, -0.25) is 18.7 Å². The van der Waals surface area contributed by atoms with Gasteiger partial charge >= 0.3 is 5.69 Å². The molecule has 0 aliphatic carbocycles. The zero-order chi connectivity index (χ0) is 21.8. The lowest BCUT2D eigenvalue weighted by Crippen LogP contribution is -2.38. The summed E-state index contributed by atoms with van der Waals surface area (Å²) < 4.78 is 3.16. The van der Waals surface area contributed by atoms with Gasteiger partial charge < -0.3 is 10.2 Å². The van der Waals surface area contributed by atoms with Gasteiger partial charge in [-0.2, -0.15) is 0 Å². The molecule has 0 saturated carbocycles. The molecule has 1 N–H and O–H groups in total. The molecule has 0 fully saturated rings. The van der Waals surface area contributed by atoms with E-state index in [1.165, 1.54) is 4.90 Å². The maximum Gasteiger partial charge on any atom is 0.328 e. The Labute approximate surface area is 179 Å². The fraction of sp³-hybridized carbons (Fsp3) is 0.318. The minimum Gasteiger partial charge on any atom is -0.334 e. The van der Waals surface area contributed by atoms with Gasteiger partial charge in [-0.15, -0.1) is 0 Å². The number of imidazole rings is 1. The van der Waals surface area contributed by atoms with Crippen molar-refractivity contribution in [1.82, 2.24) is 14.0 Å². The Balaban J connectivity index is 1.65. The highest BCUT2D eigenvalue weighted by Gasteiger charge is 2.18. The summed E-state index contributed by atoms with van der Waals surface area (Å²) in [5, 5.41) is 3.33. The van der Waals surface area contributed by atoms with Crippen molar-refractivity contribution < 1.29 is 9.59 Å². The van der Waals surface area contributed by atoms with E-state index in [4.69, 9.17) is 11.6 Å². The lowest BCUT2D eigenvalue weighted by molar-refractivity contribution is -0.134. The van der Waals surface area contributed by atoms with Crippen LogP contribution >= 0.6 is 11.6 Å². The molecular formula is C22H25ClN4O3. The van der Waals surface area contributed by atoms with Crippen molar-refractivity contribution in [2.45, 2.75) is 26.8 Å². The minimum absolute atomic E-state index is 0.0638. The predicted octanol–water partition coefficient (Wildman–Crippen LogP) is 3.18. The van der Waals surface area contributed by atoms with Crippen molar-refractivity contribution in [2.75, 3.05) is 18.4 Å². The maximum absolute atomic E-state index is 12.7. The maximum atomic E-state index is 12.7. The number of rotatable bonds is 7. The van der Waals surface area contributed by atoms with E-state index in [9.17, 15) is 14.4 Å². The molecule has 0 saturated heterocycles. The van der Waals surface area contributed by atoms with Gasteiger partial charge in [0.2, 0.25) is 11.8 Å². The molecule has 7 nitrogen and oxygen atoms in total. The second kappa shape index (κ2) is 9.17. The number of aryl methyl sites for hydroxylation is 3. The molecule has 1 aromatic heterocycles. The first-order chi connectivity index (χ1) is 14.3. The van der Waals surface area contributed by atoms with Crippen LogP contribution in [0.3, 0.4) is 0 Å². The van der Waals surface area contributed by atoms with Crippen LogP contribution in [0.2, 0.25) is 5.02 Å². The third-order valence-corrected chi connectivity index (χ3v) is 5.38. The van der Waals surface area contributed by atoms with Crippen molar-refractivity contribution in [3.05, 3.63) is 63.5 Å². The summed E-state index contributed by atoms with van der Waals surface area (Å²) in [6, 6.07) is 12.7. The zero-order valence-electron chi connectivity index (χ0n) is 17.3. The second-order valence-corrected chi connectivity index (χ2v) is 7.58. The van der Waals surface area contributed by atoms with Crippen molar-refractivity contribution >= 4 is 40.1 Å². The molecule has 158 valence electrons. The number of anilines is 1. The molecule has 3 rings (SSSR count). The molecule has 0 bridgehead atoms. The number of aromatic nitrogens is 2. The Hall–Kier alpha value is -3.06. The monoisotopic (exact) mass is 428 g/mol. The molecule has 0 aliphatic rings. The van der Waals surface area contributed by atoms with Crippen molar-refractivity contribution in [1.29, 1.82) is 0 Å². The second-order valence-electron chi connectivity index (χ2n) is 7.15. The molecule has 0 unspecified atom stereocenters. The number of nitrogens with one attached hydrogen (secondary N) is 1. The largest absolute Gasteiger partial charge is 0.334 e. The minimum atomic E-state index is -0.294. The average molecular weight is 429 g/mol. The Bertz CT molecular complexity index is 1150. The van der Waals surface area contributed by atoms with Gasteiger partial charge in [0.25, 0.3) is 0 Å². The first-order valence-electron chi connectivity index (χ1n) is 9.79. The quantitative estimate of drug-likeness (QED) is 0.628. The van der Waals surface area contributed by atoms with Crippen LogP contribution in [0.4, 0.5) is 5.69 Å². The molecule has 0 radical (unpaired) electrons. The number of hydrogen-bond acceptors (Lipinski definition) is 3. The molecule has 0 spiro atoms. The summed E-state index contributed by atoms with van der Waals surface area (Å²) in [6.45, 7) is 4.28. The van der Waals surface area contributed by atoms with E-state index < -0.39 is 0 Å². The van der Waals surface area contributed by atoms with Gasteiger partial charge in [-0.25, -0.2) is 4.79 Å². The van der Waals surface area contributed by atoms with Crippen LogP contribution in [0, 0.1) is 6.92 Å². The predicted molar refractivity (Wildman–Crippen MR) is 119 cm³/mol. The summed E-state index contributed by atoms with van der Waals surface area (Å²) in [7, 11) is 1.71. The van der Waals surface area contributed by atoms with E-state index in [2.05, 4.69) is 5.32 Å². The van der Waals surface area contributed by atoms with Crippen LogP contribution in [0.15, 0.2) is 47.3 Å². The molecular weight excluding hydrogens is 404 g/mol. The van der Waals surface area contributed by atoms with E-state index in [1.54, 1.807) is 28.3 Å². The molecule has 3 aromatic rings. The molecule has 2 amide bonds. The lowest BCUT2D eigenvalue weighted by atomic mass is 10.2. The van der Waals surface area contributed by atoms with E-state index in [-0.39, 0.29) is 37.0 Å². The first kappa shape index (κ1) is 21.6. The fourth-order valence-electron chi connectivity index (χ4n) is 3.41. The van der Waals surface area contributed by atoms with Crippen LogP contribution < -0.4 is 11.0 Å². The van der Waals surface area contributed by atoms with E-state index in [0.29, 0.717) is 17.3 Å². The highest BCUT2D eigenvalue weighted by atomic mass is 35.5. The van der Waals surface area contributed by atoms with Crippen molar-refractivity contribution in [2.24, 2.45) is 7.05 Å². The molecule has 0 aliphatic heterocycles. The topological polar surface area (TPSA) is 76.3 Å². The van der Waals surface area contributed by atoms with Gasteiger partial charge in [-0.1, -0.05) is 29.8 Å². The third-order valence-electron chi connectivity index (χ3n) is 5.14. The number of hydrogen-bond donors (Lipinski definition) is 1. The Kier molecular flexibility index (Phi) is 6.62. The van der Waals surface area contributed by atoms with Crippen LogP contribution in [0.25, 0.3) is 11.0 Å². The van der Waals surface area contributed by atoms with Crippen molar-refractivity contribution in [3.63, 3.8) is 0 Å². The normalized spacial score (nSPS) is 10.9. The number of carbonyl (C=O) groups is 2. The number of benzene rings is 2. The fourth-order valence-corrected chi connectivity index (χ4v) is 3.59. The number of likely N-dealkylation sites (N-methyl/N-ethyl adjacent to an activating group) is 1. The van der Waals surface area contributed by atoms with Gasteiger partial charge in [0.05, 0.1) is 17.6 Å². The lowest BCUT2D eigenvalue weighted by Gasteiger charge is -2.21. The number of halogens is 1. The van der Waals surface area contributed by atoms with Gasteiger partial charge in [-0.05, 0) is 43.7 Å². The number of carbonyl (C=O) groups excluding carboxylic acids is 2. The van der Waals surface area contributed by atoms with Crippen LogP contribution in [0.1, 0.15) is 18.9 Å². The number of amides is 2. The highest BCUT2D eigenvalue weighted by Crippen LogP contribution is 2.20. The van der Waals surface area contributed by atoms with Crippen LogP contribution in [-0.2, 0) is 23.2 Å². The van der Waals surface area contributed by atoms with Gasteiger partial charge in [0.1, 0.15) is 0 Å². The van der Waals surface area contributed by atoms with Gasteiger partial charge in [0.15, 0.2) is 0 Å². The summed E-state index contributed by atoms with van der Waals surface area (Å²) in [5.74, 6) is -0.479. The van der Waals surface area contributed by atoms with Crippen LogP contribution in [0.5, 0.6) is 0 Å². The molecule has 1 heterocycles. The SMILES string of the molecule is CCN(CC(=O)Nc1cc(Cl)ccc1C)C(=O)CCn1c(=O)n(C)c2ccccc21. The smallest absolute Gasteiger partial charge is 0.328 e. The van der Waals surface area contributed by atoms with E-state index >= 15 is 0 Å². The van der Waals surface area contributed by atoms with E-state index in [0.717, 1.165) is 16.6 Å². The Morgan fingerprint density at radius 3 is 2.53 bits per heavy atom. The standard InChI is InChI=1S/C22H25ClN4O3/c1-4-26(14-20(28)24-17-13-16(23)10-9-15(17)2)21(29)11-12-27-19-8-6-5-7-18(19)25(3)22(27)30/h5-10,13H,4,11-12,14H2,1-3H3,(H,24,28). The average Bonchev–Trinajstić information content (AvgIpc) is 2.97. The third kappa shape index (κ3) is 4.57. The zero-order valence-corrected chi connectivity index (χ0v) is 18.1.